The number of carbonyl (C=O) groups is 1. The van der Waals surface area contributed by atoms with Gasteiger partial charge in [-0.3, -0.25) is 4.79 Å². The molecule has 1 aliphatic rings. The first-order chi connectivity index (χ1) is 6.02. The van der Waals surface area contributed by atoms with Crippen LogP contribution in [0.3, 0.4) is 0 Å². The van der Waals surface area contributed by atoms with Gasteiger partial charge in [-0.15, -0.1) is 0 Å². The SMILES string of the molecule is CC(C)C(C)C1CC(=O)CCC1C. The number of Topliss-reactive ketones (excluding diaryl/α,β-unsaturated/α-hetero) is 1. The number of hydrogen-bond donors (Lipinski definition) is 0. The molecular weight excluding hydrogens is 160 g/mol. The third-order valence-electron chi connectivity index (χ3n) is 3.80. The smallest absolute Gasteiger partial charge is 0.133 e. The molecule has 1 heteroatoms. The van der Waals surface area contributed by atoms with Gasteiger partial charge in [0, 0.05) is 12.8 Å². The van der Waals surface area contributed by atoms with E-state index in [2.05, 4.69) is 27.7 Å². The summed E-state index contributed by atoms with van der Waals surface area (Å²) >= 11 is 0. The van der Waals surface area contributed by atoms with E-state index in [0.717, 1.165) is 25.2 Å². The van der Waals surface area contributed by atoms with E-state index in [-0.39, 0.29) is 0 Å². The molecule has 0 aromatic heterocycles. The molecule has 0 aromatic carbocycles. The summed E-state index contributed by atoms with van der Waals surface area (Å²) in [5.74, 6) is 3.27. The van der Waals surface area contributed by atoms with E-state index in [1.165, 1.54) is 0 Å². The van der Waals surface area contributed by atoms with Crippen molar-refractivity contribution < 1.29 is 4.79 Å². The second-order valence-electron chi connectivity index (χ2n) is 5.03. The maximum atomic E-state index is 11.3. The zero-order chi connectivity index (χ0) is 10.0. The Morgan fingerprint density at radius 2 is 1.92 bits per heavy atom. The van der Waals surface area contributed by atoms with E-state index in [1.54, 1.807) is 0 Å². The molecule has 0 aromatic rings. The van der Waals surface area contributed by atoms with Crippen molar-refractivity contribution in [2.24, 2.45) is 23.7 Å². The topological polar surface area (TPSA) is 17.1 Å². The van der Waals surface area contributed by atoms with Crippen LogP contribution in [0.25, 0.3) is 0 Å². The minimum absolute atomic E-state index is 0.482. The summed E-state index contributed by atoms with van der Waals surface area (Å²) < 4.78 is 0. The van der Waals surface area contributed by atoms with Crippen molar-refractivity contribution in [3.63, 3.8) is 0 Å². The van der Waals surface area contributed by atoms with E-state index in [0.29, 0.717) is 23.5 Å². The molecule has 0 amide bonds. The molecule has 3 unspecified atom stereocenters. The molecule has 0 bridgehead atoms. The highest BCUT2D eigenvalue weighted by atomic mass is 16.1. The maximum absolute atomic E-state index is 11.3. The van der Waals surface area contributed by atoms with E-state index in [4.69, 9.17) is 0 Å². The predicted octanol–water partition coefficient (Wildman–Crippen LogP) is 3.28. The summed E-state index contributed by atoms with van der Waals surface area (Å²) in [5, 5.41) is 0. The van der Waals surface area contributed by atoms with E-state index in [1.807, 2.05) is 0 Å². The van der Waals surface area contributed by atoms with Gasteiger partial charge in [0.2, 0.25) is 0 Å². The summed E-state index contributed by atoms with van der Waals surface area (Å²) in [6.07, 6.45) is 2.77. The largest absolute Gasteiger partial charge is 0.300 e. The van der Waals surface area contributed by atoms with E-state index in [9.17, 15) is 4.79 Å². The van der Waals surface area contributed by atoms with Gasteiger partial charge in [-0.1, -0.05) is 27.7 Å². The highest BCUT2D eigenvalue weighted by Crippen LogP contribution is 2.36. The lowest BCUT2D eigenvalue weighted by Gasteiger charge is -2.34. The molecule has 3 atom stereocenters. The fourth-order valence-corrected chi connectivity index (χ4v) is 2.37. The number of hydrogen-bond acceptors (Lipinski definition) is 1. The Kier molecular flexibility index (Phi) is 3.52. The average molecular weight is 182 g/mol. The first-order valence-corrected chi connectivity index (χ1v) is 5.54. The van der Waals surface area contributed by atoms with Crippen LogP contribution in [-0.2, 0) is 4.79 Å². The molecule has 1 fully saturated rings. The molecule has 0 aliphatic heterocycles. The van der Waals surface area contributed by atoms with Crippen LogP contribution in [0.1, 0.15) is 47.0 Å². The minimum Gasteiger partial charge on any atom is -0.300 e. The van der Waals surface area contributed by atoms with Crippen molar-refractivity contribution in [3.8, 4) is 0 Å². The van der Waals surface area contributed by atoms with Crippen molar-refractivity contribution in [2.45, 2.75) is 47.0 Å². The van der Waals surface area contributed by atoms with Gasteiger partial charge >= 0.3 is 0 Å². The number of rotatable bonds is 2. The summed E-state index contributed by atoms with van der Waals surface area (Å²) in [7, 11) is 0. The second-order valence-corrected chi connectivity index (χ2v) is 5.03. The lowest BCUT2D eigenvalue weighted by molar-refractivity contribution is -0.123. The van der Waals surface area contributed by atoms with Gasteiger partial charge < -0.3 is 0 Å². The number of ketones is 1. The summed E-state index contributed by atoms with van der Waals surface area (Å²) in [4.78, 5) is 11.3. The summed E-state index contributed by atoms with van der Waals surface area (Å²) in [6.45, 7) is 9.12. The standard InChI is InChI=1S/C12H22O/c1-8(2)10(4)12-7-11(13)6-5-9(12)3/h8-10,12H,5-7H2,1-4H3. The van der Waals surface area contributed by atoms with Gasteiger partial charge in [-0.2, -0.15) is 0 Å². The molecule has 0 heterocycles. The van der Waals surface area contributed by atoms with Crippen molar-refractivity contribution >= 4 is 5.78 Å². The van der Waals surface area contributed by atoms with Crippen LogP contribution in [0.4, 0.5) is 0 Å². The molecule has 0 spiro atoms. The molecule has 13 heavy (non-hydrogen) atoms. The Labute approximate surface area is 81.9 Å². The van der Waals surface area contributed by atoms with Crippen molar-refractivity contribution in [1.29, 1.82) is 0 Å². The monoisotopic (exact) mass is 182 g/mol. The van der Waals surface area contributed by atoms with Crippen LogP contribution >= 0.6 is 0 Å². The van der Waals surface area contributed by atoms with Crippen LogP contribution in [0, 0.1) is 23.7 Å². The van der Waals surface area contributed by atoms with Crippen LogP contribution in [0.5, 0.6) is 0 Å². The Bertz CT molecular complexity index is 184. The average Bonchev–Trinajstić information content (AvgIpc) is 2.08. The predicted molar refractivity (Wildman–Crippen MR) is 55.5 cm³/mol. The molecule has 76 valence electrons. The molecule has 1 saturated carbocycles. The van der Waals surface area contributed by atoms with Crippen LogP contribution in [-0.4, -0.2) is 5.78 Å². The van der Waals surface area contributed by atoms with Gasteiger partial charge in [0.15, 0.2) is 0 Å². The first kappa shape index (κ1) is 10.7. The van der Waals surface area contributed by atoms with Crippen LogP contribution < -0.4 is 0 Å². The van der Waals surface area contributed by atoms with Crippen LogP contribution in [0.2, 0.25) is 0 Å². The van der Waals surface area contributed by atoms with Crippen molar-refractivity contribution in [1.82, 2.24) is 0 Å². The maximum Gasteiger partial charge on any atom is 0.133 e. The van der Waals surface area contributed by atoms with Gasteiger partial charge in [0.1, 0.15) is 5.78 Å². The lowest BCUT2D eigenvalue weighted by Crippen LogP contribution is -2.30. The summed E-state index contributed by atoms with van der Waals surface area (Å²) in [5.41, 5.74) is 0. The zero-order valence-corrected chi connectivity index (χ0v) is 9.34. The fourth-order valence-electron chi connectivity index (χ4n) is 2.37. The third-order valence-corrected chi connectivity index (χ3v) is 3.80. The molecule has 0 radical (unpaired) electrons. The Hall–Kier alpha value is -0.330. The number of carbonyl (C=O) groups excluding carboxylic acids is 1. The van der Waals surface area contributed by atoms with Crippen molar-refractivity contribution in [2.75, 3.05) is 0 Å². The molecule has 1 nitrogen and oxygen atoms in total. The minimum atomic E-state index is 0.482. The van der Waals surface area contributed by atoms with E-state index < -0.39 is 0 Å². The van der Waals surface area contributed by atoms with Crippen LogP contribution in [0.15, 0.2) is 0 Å². The highest BCUT2D eigenvalue weighted by Gasteiger charge is 2.31. The summed E-state index contributed by atoms with van der Waals surface area (Å²) in [6, 6.07) is 0. The molecule has 1 rings (SSSR count). The van der Waals surface area contributed by atoms with Crippen molar-refractivity contribution in [3.05, 3.63) is 0 Å². The third kappa shape index (κ3) is 2.55. The quantitative estimate of drug-likeness (QED) is 0.640. The normalized spacial score (nSPS) is 32.2. The van der Waals surface area contributed by atoms with Gasteiger partial charge in [0.25, 0.3) is 0 Å². The molecule has 0 saturated heterocycles. The van der Waals surface area contributed by atoms with E-state index >= 15 is 0 Å². The van der Waals surface area contributed by atoms with Gasteiger partial charge in [-0.05, 0) is 30.1 Å². The molecule has 0 N–H and O–H groups in total. The lowest BCUT2D eigenvalue weighted by atomic mass is 9.70. The Morgan fingerprint density at radius 3 is 2.46 bits per heavy atom. The van der Waals surface area contributed by atoms with Gasteiger partial charge in [0.05, 0.1) is 0 Å². The van der Waals surface area contributed by atoms with Gasteiger partial charge in [-0.25, -0.2) is 0 Å². The Balaban J connectivity index is 2.60. The molecular formula is C12H22O. The Morgan fingerprint density at radius 1 is 1.31 bits per heavy atom. The highest BCUT2D eigenvalue weighted by molar-refractivity contribution is 5.79. The fraction of sp³-hybridized carbons (Fsp3) is 0.917. The molecule has 1 aliphatic carbocycles. The zero-order valence-electron chi connectivity index (χ0n) is 9.34. The first-order valence-electron chi connectivity index (χ1n) is 5.54. The second kappa shape index (κ2) is 4.26.